The van der Waals surface area contributed by atoms with Gasteiger partial charge >= 0.3 is 0 Å². The van der Waals surface area contributed by atoms with Gasteiger partial charge in [-0.3, -0.25) is 4.79 Å². The number of aliphatic hydroxyl groups excluding tert-OH is 13. The van der Waals surface area contributed by atoms with Crippen LogP contribution in [-0.2, 0) is 38.0 Å². The fraction of sp³-hybridized carbons (Fsp3) is 0.962. The average molecular weight is 708 g/mol. The van der Waals surface area contributed by atoms with Crippen LogP contribution in [0.15, 0.2) is 0 Å². The van der Waals surface area contributed by atoms with Crippen LogP contribution in [0.5, 0.6) is 0 Å². The maximum Gasteiger partial charge on any atom is 0.217 e. The van der Waals surface area contributed by atoms with Crippen molar-refractivity contribution in [2.45, 2.75) is 130 Å². The molecule has 0 aromatic carbocycles. The molecule has 4 aliphatic rings. The first kappa shape index (κ1) is 39.5. The zero-order valence-corrected chi connectivity index (χ0v) is 25.5. The van der Waals surface area contributed by atoms with Crippen molar-refractivity contribution in [1.29, 1.82) is 0 Å². The van der Waals surface area contributed by atoms with Crippen molar-refractivity contribution in [3.8, 4) is 0 Å². The smallest absolute Gasteiger partial charge is 0.217 e. The van der Waals surface area contributed by atoms with Crippen LogP contribution in [0.4, 0.5) is 0 Å². The molecule has 0 saturated carbocycles. The molecule has 0 aliphatic carbocycles. The van der Waals surface area contributed by atoms with Crippen LogP contribution < -0.4 is 5.32 Å². The van der Waals surface area contributed by atoms with Crippen LogP contribution in [0.1, 0.15) is 6.92 Å². The van der Waals surface area contributed by atoms with Crippen molar-refractivity contribution >= 4 is 5.91 Å². The van der Waals surface area contributed by atoms with Gasteiger partial charge in [-0.1, -0.05) is 0 Å². The highest BCUT2D eigenvalue weighted by molar-refractivity contribution is 5.73. The number of hydrogen-bond acceptors (Lipinski definition) is 21. The lowest BCUT2D eigenvalue weighted by Gasteiger charge is -2.48. The molecule has 4 heterocycles. The van der Waals surface area contributed by atoms with E-state index < -0.39 is 155 Å². The van der Waals surface area contributed by atoms with Gasteiger partial charge in [-0.15, -0.1) is 0 Å². The van der Waals surface area contributed by atoms with Crippen molar-refractivity contribution < 1.29 is 104 Å². The molecule has 4 rings (SSSR count). The number of nitrogens with one attached hydrogen (secondary N) is 1. The lowest BCUT2D eigenvalue weighted by molar-refractivity contribution is -0.374. The largest absolute Gasteiger partial charge is 0.394 e. The highest BCUT2D eigenvalue weighted by Crippen LogP contribution is 2.33. The molecule has 0 aromatic rings. The van der Waals surface area contributed by atoms with E-state index in [0.29, 0.717) is 0 Å². The SMILES string of the molecule is CC(=O)N[C@H]1[C@H](O[C@H]2[C@@H](O)[C@@H](CO)O[C@@H](O[C@H]3[C@H](O)[C@@H](O)[C@H](O)O[C@@H]3CO)[C@@H]2O)O[C@H](CO[C@@H]2O[C@H](CO)[C@@H](O)[C@H](O)[C@H]2O)[C@@H](O)[C@@H]1O. The Morgan fingerprint density at radius 2 is 1.08 bits per heavy atom. The summed E-state index contributed by atoms with van der Waals surface area (Å²) in [5.41, 5.74) is 0. The Balaban J connectivity index is 1.53. The number of rotatable bonds is 11. The van der Waals surface area contributed by atoms with Gasteiger partial charge in [-0.2, -0.15) is 0 Å². The van der Waals surface area contributed by atoms with Gasteiger partial charge in [0.2, 0.25) is 5.91 Å². The zero-order chi connectivity index (χ0) is 35.6. The van der Waals surface area contributed by atoms with E-state index in [0.717, 1.165) is 6.92 Å². The van der Waals surface area contributed by atoms with E-state index in [1.54, 1.807) is 0 Å². The van der Waals surface area contributed by atoms with Gasteiger partial charge in [0.05, 0.1) is 26.4 Å². The topological polar surface area (TPSA) is 357 Å². The van der Waals surface area contributed by atoms with E-state index in [9.17, 15) is 71.2 Å². The van der Waals surface area contributed by atoms with Crippen LogP contribution in [-0.4, -0.2) is 221 Å². The second-order valence-electron chi connectivity index (χ2n) is 11.9. The molecule has 0 aromatic heterocycles. The molecule has 48 heavy (non-hydrogen) atoms. The molecule has 4 saturated heterocycles. The predicted octanol–water partition coefficient (Wildman–Crippen LogP) is -9.61. The fourth-order valence-electron chi connectivity index (χ4n) is 5.84. The zero-order valence-electron chi connectivity index (χ0n) is 25.5. The molecule has 0 spiro atoms. The third-order valence-corrected chi connectivity index (χ3v) is 8.59. The van der Waals surface area contributed by atoms with Crippen LogP contribution in [0.3, 0.4) is 0 Å². The number of carbonyl (C=O) groups excluding carboxylic acids is 1. The van der Waals surface area contributed by atoms with Crippen molar-refractivity contribution in [1.82, 2.24) is 5.32 Å². The Morgan fingerprint density at radius 3 is 1.69 bits per heavy atom. The molecule has 22 nitrogen and oxygen atoms in total. The van der Waals surface area contributed by atoms with E-state index in [4.69, 9.17) is 33.2 Å². The Kier molecular flexibility index (Phi) is 13.8. The molecular formula is C26H45NO21. The highest BCUT2D eigenvalue weighted by atomic mass is 16.8. The number of carbonyl (C=O) groups is 1. The molecule has 20 atom stereocenters. The van der Waals surface area contributed by atoms with Gasteiger partial charge in [0.1, 0.15) is 97.6 Å². The van der Waals surface area contributed by atoms with Crippen molar-refractivity contribution in [2.24, 2.45) is 0 Å². The monoisotopic (exact) mass is 707 g/mol. The minimum atomic E-state index is -2.02. The van der Waals surface area contributed by atoms with E-state index in [2.05, 4.69) is 5.32 Å². The summed E-state index contributed by atoms with van der Waals surface area (Å²) in [5.74, 6) is -0.732. The first-order valence-electron chi connectivity index (χ1n) is 15.1. The summed E-state index contributed by atoms with van der Waals surface area (Å²) in [7, 11) is 0. The molecule has 14 N–H and O–H groups in total. The highest BCUT2D eigenvalue weighted by Gasteiger charge is 2.54. The van der Waals surface area contributed by atoms with E-state index in [-0.39, 0.29) is 0 Å². The van der Waals surface area contributed by atoms with Crippen LogP contribution in [0.2, 0.25) is 0 Å². The number of amides is 1. The number of hydrogen-bond donors (Lipinski definition) is 14. The third kappa shape index (κ3) is 8.24. The molecule has 0 bridgehead atoms. The molecule has 0 radical (unpaired) electrons. The first-order valence-corrected chi connectivity index (χ1v) is 15.1. The summed E-state index contributed by atoms with van der Waals surface area (Å²) in [6.07, 6.45) is -33.2. The molecule has 22 heteroatoms. The summed E-state index contributed by atoms with van der Waals surface area (Å²) < 4.78 is 38.3. The van der Waals surface area contributed by atoms with Crippen LogP contribution in [0.25, 0.3) is 0 Å². The molecule has 1 amide bonds. The summed E-state index contributed by atoms with van der Waals surface area (Å²) in [6, 6.07) is -1.57. The Hall–Kier alpha value is -1.33. The van der Waals surface area contributed by atoms with Gasteiger partial charge in [0.25, 0.3) is 0 Å². The van der Waals surface area contributed by atoms with Gasteiger partial charge < -0.3 is 105 Å². The minimum absolute atomic E-state index is 0.701. The molecular weight excluding hydrogens is 662 g/mol. The minimum Gasteiger partial charge on any atom is -0.394 e. The van der Waals surface area contributed by atoms with Crippen LogP contribution >= 0.6 is 0 Å². The summed E-state index contributed by atoms with van der Waals surface area (Å²) in [4.78, 5) is 12.0. The first-order chi connectivity index (χ1) is 22.6. The molecule has 4 fully saturated rings. The van der Waals surface area contributed by atoms with Crippen LogP contribution in [0, 0.1) is 0 Å². The molecule has 0 unspecified atom stereocenters. The standard InChI is InChI=1S/C26H45NO21/c1-6(31)27-11-15(35)13(33)10(5-42-25-19(39)16(36)12(32)7(2-28)44-25)46-24(11)48-22-14(34)8(3-29)45-26(20(22)40)47-21-9(4-30)43-23(41)18(38)17(21)37/h7-26,28-30,32-41H,2-5H2,1H3,(H,27,31)/t7-,8-,9-,10-,11-,12-,13-,14+,15-,16+,17-,18-,19-,20-,21-,22+,23-,24+,25-,26+/m1/s1. The van der Waals surface area contributed by atoms with Gasteiger partial charge in [-0.25, -0.2) is 0 Å². The number of ether oxygens (including phenoxy) is 7. The van der Waals surface area contributed by atoms with Crippen molar-refractivity contribution in [3.63, 3.8) is 0 Å². The number of aliphatic hydroxyl groups is 13. The molecule has 4 aliphatic heterocycles. The summed E-state index contributed by atoms with van der Waals surface area (Å²) in [6.45, 7) is -2.12. The Morgan fingerprint density at radius 1 is 0.542 bits per heavy atom. The quantitative estimate of drug-likeness (QED) is 0.0947. The van der Waals surface area contributed by atoms with Gasteiger partial charge in [-0.05, 0) is 0 Å². The Bertz CT molecular complexity index is 1030. The predicted molar refractivity (Wildman–Crippen MR) is 145 cm³/mol. The molecule has 280 valence electrons. The second kappa shape index (κ2) is 16.8. The lowest BCUT2D eigenvalue weighted by atomic mass is 9.95. The maximum atomic E-state index is 12.0. The summed E-state index contributed by atoms with van der Waals surface area (Å²) in [5, 5.41) is 136. The second-order valence-corrected chi connectivity index (χ2v) is 11.9. The van der Waals surface area contributed by atoms with Gasteiger partial charge in [0.15, 0.2) is 25.2 Å². The maximum absolute atomic E-state index is 12.0. The van der Waals surface area contributed by atoms with Crippen molar-refractivity contribution in [3.05, 3.63) is 0 Å². The average Bonchev–Trinajstić information content (AvgIpc) is 3.06. The fourth-order valence-corrected chi connectivity index (χ4v) is 5.84. The summed E-state index contributed by atoms with van der Waals surface area (Å²) >= 11 is 0. The lowest BCUT2D eigenvalue weighted by Crippen LogP contribution is -2.68. The van der Waals surface area contributed by atoms with E-state index in [1.165, 1.54) is 0 Å². The Labute approximate surface area is 272 Å². The van der Waals surface area contributed by atoms with E-state index in [1.807, 2.05) is 0 Å². The van der Waals surface area contributed by atoms with Crippen molar-refractivity contribution in [2.75, 3.05) is 26.4 Å². The van der Waals surface area contributed by atoms with E-state index >= 15 is 0 Å². The third-order valence-electron chi connectivity index (χ3n) is 8.59. The normalized spacial score (nSPS) is 50.2. The van der Waals surface area contributed by atoms with Gasteiger partial charge in [0, 0.05) is 6.92 Å².